The summed E-state index contributed by atoms with van der Waals surface area (Å²) in [6, 6.07) is 11.5. The fourth-order valence-electron chi connectivity index (χ4n) is 2.26. The first kappa shape index (κ1) is 15.1. The molecule has 3 heteroatoms. The first-order chi connectivity index (χ1) is 10.0. The van der Waals surface area contributed by atoms with Gasteiger partial charge >= 0.3 is 5.97 Å². The fourth-order valence-corrected chi connectivity index (χ4v) is 2.26. The maximum atomic E-state index is 11.7. The van der Waals surface area contributed by atoms with Gasteiger partial charge in [0.1, 0.15) is 12.4 Å². The lowest BCUT2D eigenvalue weighted by atomic mass is 10.1. The van der Waals surface area contributed by atoms with E-state index < -0.39 is 0 Å². The van der Waals surface area contributed by atoms with Crippen LogP contribution in [-0.2, 0) is 11.3 Å². The van der Waals surface area contributed by atoms with Crippen molar-refractivity contribution in [2.75, 3.05) is 7.11 Å². The Bertz CT molecular complexity index is 660. The summed E-state index contributed by atoms with van der Waals surface area (Å²) in [4.78, 5) is 11.7. The molecule has 0 heterocycles. The number of carbonyl (C=O) groups is 1. The van der Waals surface area contributed by atoms with E-state index in [1.54, 1.807) is 6.07 Å². The van der Waals surface area contributed by atoms with Gasteiger partial charge in [-0.3, -0.25) is 0 Å². The van der Waals surface area contributed by atoms with Crippen LogP contribution in [0, 0.1) is 20.8 Å². The van der Waals surface area contributed by atoms with Crippen molar-refractivity contribution in [2.45, 2.75) is 27.4 Å². The average molecular weight is 284 g/mol. The topological polar surface area (TPSA) is 35.5 Å². The summed E-state index contributed by atoms with van der Waals surface area (Å²) in [5.41, 5.74) is 4.85. The van der Waals surface area contributed by atoms with Crippen LogP contribution in [0.25, 0.3) is 0 Å². The van der Waals surface area contributed by atoms with Gasteiger partial charge in [-0.15, -0.1) is 0 Å². The minimum Gasteiger partial charge on any atom is -0.489 e. The molecule has 0 radical (unpaired) electrons. The van der Waals surface area contributed by atoms with Crippen LogP contribution in [0.1, 0.15) is 32.6 Å². The zero-order valence-corrected chi connectivity index (χ0v) is 12.9. The average Bonchev–Trinajstić information content (AvgIpc) is 2.49. The van der Waals surface area contributed by atoms with E-state index >= 15 is 0 Å². The number of methoxy groups -OCH3 is 1. The molecule has 0 unspecified atom stereocenters. The molecular weight excluding hydrogens is 264 g/mol. The monoisotopic (exact) mass is 284 g/mol. The Morgan fingerprint density at radius 2 is 1.81 bits per heavy atom. The molecule has 0 spiro atoms. The van der Waals surface area contributed by atoms with E-state index in [0.29, 0.717) is 12.2 Å². The van der Waals surface area contributed by atoms with Crippen LogP contribution >= 0.6 is 0 Å². The van der Waals surface area contributed by atoms with Gasteiger partial charge in [-0.05, 0) is 49.6 Å². The second-order valence-electron chi connectivity index (χ2n) is 5.14. The molecule has 2 rings (SSSR count). The molecule has 2 aromatic carbocycles. The van der Waals surface area contributed by atoms with Crippen molar-refractivity contribution in [1.82, 2.24) is 0 Å². The van der Waals surface area contributed by atoms with Crippen LogP contribution in [0.3, 0.4) is 0 Å². The molecule has 2 aromatic rings. The van der Waals surface area contributed by atoms with E-state index in [-0.39, 0.29) is 5.97 Å². The molecule has 0 atom stereocenters. The highest BCUT2D eigenvalue weighted by molar-refractivity contribution is 5.90. The molecule has 0 saturated carbocycles. The Kier molecular flexibility index (Phi) is 4.63. The van der Waals surface area contributed by atoms with Crippen molar-refractivity contribution >= 4 is 5.97 Å². The number of hydrogen-bond acceptors (Lipinski definition) is 3. The number of esters is 1. The third-order valence-electron chi connectivity index (χ3n) is 3.57. The lowest BCUT2D eigenvalue weighted by molar-refractivity contribution is 0.0597. The van der Waals surface area contributed by atoms with Crippen LogP contribution < -0.4 is 4.74 Å². The summed E-state index contributed by atoms with van der Waals surface area (Å²) in [5, 5.41) is 0. The van der Waals surface area contributed by atoms with Crippen molar-refractivity contribution < 1.29 is 14.3 Å². The normalized spacial score (nSPS) is 10.3. The van der Waals surface area contributed by atoms with Crippen LogP contribution in [0.2, 0.25) is 0 Å². The predicted octanol–water partition coefficient (Wildman–Crippen LogP) is 3.98. The smallest absolute Gasteiger partial charge is 0.338 e. The number of hydrogen-bond donors (Lipinski definition) is 0. The molecule has 0 fully saturated rings. The molecule has 3 nitrogen and oxygen atoms in total. The second kappa shape index (κ2) is 6.44. The lowest BCUT2D eigenvalue weighted by Crippen LogP contribution is -2.08. The van der Waals surface area contributed by atoms with Gasteiger partial charge in [0.25, 0.3) is 0 Å². The molecule has 21 heavy (non-hydrogen) atoms. The van der Waals surface area contributed by atoms with E-state index in [4.69, 9.17) is 9.47 Å². The van der Waals surface area contributed by atoms with Crippen molar-refractivity contribution in [2.24, 2.45) is 0 Å². The van der Waals surface area contributed by atoms with E-state index in [9.17, 15) is 4.79 Å². The highest BCUT2D eigenvalue weighted by atomic mass is 16.5. The summed E-state index contributed by atoms with van der Waals surface area (Å²) >= 11 is 0. The maximum Gasteiger partial charge on any atom is 0.338 e. The molecule has 0 amide bonds. The largest absolute Gasteiger partial charge is 0.489 e. The highest BCUT2D eigenvalue weighted by Crippen LogP contribution is 2.24. The molecule has 0 aliphatic rings. The second-order valence-corrected chi connectivity index (χ2v) is 5.14. The van der Waals surface area contributed by atoms with Gasteiger partial charge in [0.05, 0.1) is 12.7 Å². The maximum absolute atomic E-state index is 11.7. The van der Waals surface area contributed by atoms with E-state index in [1.807, 2.05) is 38.1 Å². The Morgan fingerprint density at radius 3 is 2.52 bits per heavy atom. The van der Waals surface area contributed by atoms with Gasteiger partial charge < -0.3 is 9.47 Å². The summed E-state index contributed by atoms with van der Waals surface area (Å²) < 4.78 is 10.7. The van der Waals surface area contributed by atoms with Crippen LogP contribution in [0.5, 0.6) is 5.75 Å². The third kappa shape index (κ3) is 3.43. The predicted molar refractivity (Wildman–Crippen MR) is 82.8 cm³/mol. The highest BCUT2D eigenvalue weighted by Gasteiger charge is 2.12. The summed E-state index contributed by atoms with van der Waals surface area (Å²) in [6.07, 6.45) is 0. The van der Waals surface area contributed by atoms with Gasteiger partial charge in [-0.1, -0.05) is 24.3 Å². The minimum absolute atomic E-state index is 0.341. The zero-order chi connectivity index (χ0) is 15.4. The molecule has 0 N–H and O–H groups in total. The van der Waals surface area contributed by atoms with Gasteiger partial charge in [0, 0.05) is 5.56 Å². The number of carbonyl (C=O) groups excluding carboxylic acids is 1. The Labute approximate surface area is 125 Å². The van der Waals surface area contributed by atoms with Crippen molar-refractivity contribution in [3.8, 4) is 5.75 Å². The van der Waals surface area contributed by atoms with Crippen LogP contribution in [-0.4, -0.2) is 13.1 Å². The van der Waals surface area contributed by atoms with Gasteiger partial charge in [0.15, 0.2) is 0 Å². The number of aryl methyl sites for hydroxylation is 2. The number of ether oxygens (including phenoxy) is 2. The van der Waals surface area contributed by atoms with Gasteiger partial charge in [-0.2, -0.15) is 0 Å². The molecule has 0 saturated heterocycles. The van der Waals surface area contributed by atoms with E-state index in [0.717, 1.165) is 22.4 Å². The van der Waals surface area contributed by atoms with Gasteiger partial charge in [-0.25, -0.2) is 4.79 Å². The van der Waals surface area contributed by atoms with Crippen molar-refractivity contribution in [3.05, 3.63) is 64.2 Å². The summed E-state index contributed by atoms with van der Waals surface area (Å²) in [5.74, 6) is 0.513. The summed E-state index contributed by atoms with van der Waals surface area (Å²) in [6.45, 7) is 6.49. The van der Waals surface area contributed by atoms with Crippen LogP contribution in [0.4, 0.5) is 0 Å². The first-order valence-corrected chi connectivity index (χ1v) is 6.89. The third-order valence-corrected chi connectivity index (χ3v) is 3.57. The Balaban J connectivity index is 2.23. The molecule has 0 aliphatic carbocycles. The Hall–Kier alpha value is -2.29. The van der Waals surface area contributed by atoms with E-state index in [1.165, 1.54) is 12.7 Å². The summed E-state index contributed by atoms with van der Waals surface area (Å²) in [7, 11) is 1.38. The zero-order valence-electron chi connectivity index (χ0n) is 12.9. The van der Waals surface area contributed by atoms with E-state index in [2.05, 4.69) is 13.0 Å². The molecule has 0 aliphatic heterocycles. The van der Waals surface area contributed by atoms with Crippen molar-refractivity contribution in [3.63, 3.8) is 0 Å². The Morgan fingerprint density at radius 1 is 1.10 bits per heavy atom. The number of benzene rings is 2. The molecular formula is C18H20O3. The molecule has 0 bridgehead atoms. The first-order valence-electron chi connectivity index (χ1n) is 6.89. The molecule has 110 valence electrons. The minimum atomic E-state index is -0.341. The molecule has 0 aromatic heterocycles. The SMILES string of the molecule is COC(=O)c1ccccc1COc1cc(C)cc(C)c1C. The van der Waals surface area contributed by atoms with Crippen molar-refractivity contribution in [1.29, 1.82) is 0 Å². The lowest BCUT2D eigenvalue weighted by Gasteiger charge is -2.14. The van der Waals surface area contributed by atoms with Gasteiger partial charge in [0.2, 0.25) is 0 Å². The number of rotatable bonds is 4. The quantitative estimate of drug-likeness (QED) is 0.797. The van der Waals surface area contributed by atoms with Crippen LogP contribution in [0.15, 0.2) is 36.4 Å². The standard InChI is InChI=1S/C18H20O3/c1-12-9-13(2)14(3)17(10-12)21-11-15-7-5-6-8-16(15)18(19)20-4/h5-10H,11H2,1-4H3. The fraction of sp³-hybridized carbons (Fsp3) is 0.278.